The van der Waals surface area contributed by atoms with E-state index in [9.17, 15) is 10.1 Å². The predicted molar refractivity (Wildman–Crippen MR) is 77.6 cm³/mol. The number of halogens is 1. The van der Waals surface area contributed by atoms with E-state index in [2.05, 4.69) is 20.9 Å². The van der Waals surface area contributed by atoms with Crippen LogP contribution >= 0.6 is 15.9 Å². The van der Waals surface area contributed by atoms with Gasteiger partial charge < -0.3 is 19.6 Å². The second-order valence-corrected chi connectivity index (χ2v) is 5.98. The topological polar surface area (TPSA) is 79.4 Å². The van der Waals surface area contributed by atoms with Gasteiger partial charge in [0.05, 0.1) is 6.54 Å². The van der Waals surface area contributed by atoms with E-state index in [4.69, 9.17) is 9.47 Å². The number of hydrogen-bond acceptors (Lipinski definition) is 5. The molecule has 0 N–H and O–H groups in total. The fourth-order valence-corrected chi connectivity index (χ4v) is 2.53. The Morgan fingerprint density at radius 1 is 1.62 bits per heavy atom. The highest BCUT2D eigenvalue weighted by atomic mass is 79.9. The molecular weight excluding hydrogens is 342 g/mol. The molecular formula is C13H12BrN3O4. The van der Waals surface area contributed by atoms with Crippen LogP contribution in [-0.2, 0) is 6.54 Å². The highest BCUT2D eigenvalue weighted by Gasteiger charge is 2.41. The van der Waals surface area contributed by atoms with Crippen LogP contribution in [0.15, 0.2) is 34.9 Å². The highest BCUT2D eigenvalue weighted by molar-refractivity contribution is 9.10. The van der Waals surface area contributed by atoms with Gasteiger partial charge in [0.15, 0.2) is 5.60 Å². The molecule has 0 spiro atoms. The van der Waals surface area contributed by atoms with Crippen molar-refractivity contribution in [2.45, 2.75) is 19.1 Å². The first-order chi connectivity index (χ1) is 9.95. The zero-order valence-electron chi connectivity index (χ0n) is 11.2. The van der Waals surface area contributed by atoms with E-state index in [1.54, 1.807) is 4.57 Å². The standard InChI is InChI=1S/C13H12BrN3O4/c1-13(8-20-10-4-2-3-9(14)5-10)7-16-6-11(17(18)19)15-12(16)21-13/h2-6H,7-8H2,1H3. The maximum atomic E-state index is 10.7. The van der Waals surface area contributed by atoms with Gasteiger partial charge in [0.2, 0.25) is 0 Å². The Balaban J connectivity index is 1.67. The summed E-state index contributed by atoms with van der Waals surface area (Å²) in [6, 6.07) is 7.76. The molecule has 7 nitrogen and oxygen atoms in total. The van der Waals surface area contributed by atoms with Crippen molar-refractivity contribution in [3.8, 4) is 11.8 Å². The molecule has 0 amide bonds. The molecule has 1 aliphatic rings. The van der Waals surface area contributed by atoms with E-state index in [1.165, 1.54) is 6.20 Å². The largest absolute Gasteiger partial charge is 0.489 e. The Labute approximate surface area is 128 Å². The number of imidazole rings is 1. The molecule has 1 atom stereocenters. The molecule has 1 aromatic carbocycles. The SMILES string of the molecule is CC1(COc2cccc(Br)c2)Cn2cc([N+](=O)[O-])nc2O1. The smallest absolute Gasteiger partial charge is 0.415 e. The van der Waals surface area contributed by atoms with E-state index in [1.807, 2.05) is 31.2 Å². The summed E-state index contributed by atoms with van der Waals surface area (Å²) in [6.07, 6.45) is 1.37. The number of nitrogens with zero attached hydrogens (tertiary/aromatic N) is 3. The van der Waals surface area contributed by atoms with Gasteiger partial charge in [0.25, 0.3) is 0 Å². The molecule has 2 aromatic rings. The molecule has 2 heterocycles. The van der Waals surface area contributed by atoms with Crippen molar-refractivity contribution in [1.82, 2.24) is 9.55 Å². The van der Waals surface area contributed by atoms with Crippen LogP contribution < -0.4 is 9.47 Å². The van der Waals surface area contributed by atoms with Gasteiger partial charge in [-0.05, 0) is 30.0 Å². The summed E-state index contributed by atoms with van der Waals surface area (Å²) in [5, 5.41) is 10.7. The highest BCUT2D eigenvalue weighted by Crippen LogP contribution is 2.31. The minimum Gasteiger partial charge on any atom is -0.489 e. The third-order valence-corrected chi connectivity index (χ3v) is 3.59. The Kier molecular flexibility index (Phi) is 3.32. The Morgan fingerprint density at radius 3 is 3.10 bits per heavy atom. The van der Waals surface area contributed by atoms with Crippen LogP contribution in [0.3, 0.4) is 0 Å². The lowest BCUT2D eigenvalue weighted by Crippen LogP contribution is -2.38. The average molecular weight is 354 g/mol. The van der Waals surface area contributed by atoms with E-state index >= 15 is 0 Å². The molecule has 0 bridgehead atoms. The molecule has 0 saturated carbocycles. The van der Waals surface area contributed by atoms with Crippen LogP contribution in [-0.4, -0.2) is 26.7 Å². The fraction of sp³-hybridized carbons (Fsp3) is 0.308. The van der Waals surface area contributed by atoms with Gasteiger partial charge in [-0.2, -0.15) is 0 Å². The van der Waals surface area contributed by atoms with Crippen molar-refractivity contribution in [1.29, 1.82) is 0 Å². The number of benzene rings is 1. The quantitative estimate of drug-likeness (QED) is 0.623. The van der Waals surface area contributed by atoms with Crippen molar-refractivity contribution in [3.63, 3.8) is 0 Å². The molecule has 1 aromatic heterocycles. The van der Waals surface area contributed by atoms with Crippen LogP contribution in [0.4, 0.5) is 5.82 Å². The lowest BCUT2D eigenvalue weighted by Gasteiger charge is -2.22. The zero-order chi connectivity index (χ0) is 15.0. The van der Waals surface area contributed by atoms with Crippen LogP contribution in [0, 0.1) is 10.1 Å². The summed E-state index contributed by atoms with van der Waals surface area (Å²) in [7, 11) is 0. The second kappa shape index (κ2) is 5.03. The molecule has 8 heteroatoms. The van der Waals surface area contributed by atoms with E-state index in [0.717, 1.165) is 10.2 Å². The third kappa shape index (κ3) is 2.85. The molecule has 0 saturated heterocycles. The van der Waals surface area contributed by atoms with Gasteiger partial charge in [-0.1, -0.05) is 22.0 Å². The van der Waals surface area contributed by atoms with Gasteiger partial charge in [-0.15, -0.1) is 0 Å². The van der Waals surface area contributed by atoms with Crippen molar-refractivity contribution in [2.24, 2.45) is 0 Å². The predicted octanol–water partition coefficient (Wildman–Crippen LogP) is 2.78. The summed E-state index contributed by atoms with van der Waals surface area (Å²) >= 11 is 3.38. The molecule has 3 rings (SSSR count). The molecule has 0 fully saturated rings. The van der Waals surface area contributed by atoms with Crippen LogP contribution in [0.1, 0.15) is 6.92 Å². The van der Waals surface area contributed by atoms with E-state index in [-0.39, 0.29) is 11.8 Å². The Morgan fingerprint density at radius 2 is 2.43 bits per heavy atom. The lowest BCUT2D eigenvalue weighted by molar-refractivity contribution is -0.389. The first-order valence-electron chi connectivity index (χ1n) is 6.24. The van der Waals surface area contributed by atoms with Crippen molar-refractivity contribution >= 4 is 21.7 Å². The average Bonchev–Trinajstić information content (AvgIpc) is 2.92. The normalized spacial score (nSPS) is 19.9. The molecule has 21 heavy (non-hydrogen) atoms. The van der Waals surface area contributed by atoms with E-state index in [0.29, 0.717) is 13.2 Å². The monoisotopic (exact) mass is 353 g/mol. The first-order valence-corrected chi connectivity index (χ1v) is 7.03. The number of nitro groups is 1. The molecule has 0 aliphatic carbocycles. The lowest BCUT2D eigenvalue weighted by atomic mass is 10.1. The van der Waals surface area contributed by atoms with Crippen molar-refractivity contribution in [2.75, 3.05) is 6.61 Å². The summed E-state index contributed by atoms with van der Waals surface area (Å²) < 4.78 is 14.0. The third-order valence-electron chi connectivity index (χ3n) is 3.10. The van der Waals surface area contributed by atoms with Gasteiger partial charge in [-0.3, -0.25) is 4.57 Å². The number of fused-ring (bicyclic) bond motifs is 1. The van der Waals surface area contributed by atoms with Crippen LogP contribution in [0.2, 0.25) is 0 Å². The molecule has 110 valence electrons. The number of ether oxygens (including phenoxy) is 2. The molecule has 0 radical (unpaired) electrons. The van der Waals surface area contributed by atoms with Crippen molar-refractivity contribution in [3.05, 3.63) is 45.0 Å². The number of hydrogen-bond donors (Lipinski definition) is 0. The maximum absolute atomic E-state index is 10.7. The summed E-state index contributed by atoms with van der Waals surface area (Å²) in [5.41, 5.74) is -0.597. The van der Waals surface area contributed by atoms with E-state index < -0.39 is 10.5 Å². The number of rotatable bonds is 4. The minimum absolute atomic E-state index is 0.208. The van der Waals surface area contributed by atoms with Crippen LogP contribution in [0.25, 0.3) is 0 Å². The second-order valence-electron chi connectivity index (χ2n) is 5.06. The molecule has 1 unspecified atom stereocenters. The van der Waals surface area contributed by atoms with Gasteiger partial charge in [0.1, 0.15) is 18.6 Å². The van der Waals surface area contributed by atoms with Gasteiger partial charge in [-0.25, -0.2) is 0 Å². The van der Waals surface area contributed by atoms with Gasteiger partial charge >= 0.3 is 11.8 Å². The van der Waals surface area contributed by atoms with Crippen molar-refractivity contribution < 1.29 is 14.4 Å². The Hall–Kier alpha value is -2.09. The summed E-state index contributed by atoms with van der Waals surface area (Å²) in [5.74, 6) is 0.518. The molecule has 1 aliphatic heterocycles. The fourth-order valence-electron chi connectivity index (χ4n) is 2.15. The number of aromatic nitrogens is 2. The van der Waals surface area contributed by atoms with Gasteiger partial charge in [0, 0.05) is 9.46 Å². The zero-order valence-corrected chi connectivity index (χ0v) is 12.7. The maximum Gasteiger partial charge on any atom is 0.415 e. The summed E-state index contributed by atoms with van der Waals surface area (Å²) in [4.78, 5) is 14.0. The first kappa shape index (κ1) is 13.9. The summed E-state index contributed by atoms with van der Waals surface area (Å²) in [6.45, 7) is 2.66. The van der Waals surface area contributed by atoms with Crippen LogP contribution in [0.5, 0.6) is 11.8 Å². The minimum atomic E-state index is -0.597. The Bertz CT molecular complexity index is 677.